The molecule has 3 aromatic rings. The van der Waals surface area contributed by atoms with Crippen LogP contribution in [0.15, 0.2) is 40.8 Å². The van der Waals surface area contributed by atoms with E-state index in [1.807, 2.05) is 42.2 Å². The van der Waals surface area contributed by atoms with Crippen LogP contribution in [0.5, 0.6) is 0 Å². The number of carbonyl (C=O) groups is 1. The van der Waals surface area contributed by atoms with Crippen LogP contribution in [0.3, 0.4) is 0 Å². The first-order chi connectivity index (χ1) is 12.6. The summed E-state index contributed by atoms with van der Waals surface area (Å²) in [5.74, 6) is 0.418. The van der Waals surface area contributed by atoms with Gasteiger partial charge in [-0.15, -0.1) is 0 Å². The first kappa shape index (κ1) is 16.8. The third-order valence-corrected chi connectivity index (χ3v) is 5.03. The summed E-state index contributed by atoms with van der Waals surface area (Å²) in [5.41, 5.74) is 3.02. The lowest BCUT2D eigenvalue weighted by Crippen LogP contribution is -2.49. The second-order valence-electron chi connectivity index (χ2n) is 6.93. The predicted molar refractivity (Wildman–Crippen MR) is 100 cm³/mol. The van der Waals surface area contributed by atoms with E-state index in [0.29, 0.717) is 5.76 Å². The Kier molecular flexibility index (Phi) is 4.51. The number of aryl methyl sites for hydroxylation is 2. The number of aromatic nitrogens is 2. The molecule has 0 N–H and O–H groups in total. The lowest BCUT2D eigenvalue weighted by Gasteiger charge is -2.34. The van der Waals surface area contributed by atoms with Crippen LogP contribution in [0, 0.1) is 13.8 Å². The number of rotatable bonds is 4. The van der Waals surface area contributed by atoms with Gasteiger partial charge in [0.1, 0.15) is 5.58 Å². The number of fused-ring (bicyclic) bond motifs is 1. The summed E-state index contributed by atoms with van der Waals surface area (Å²) in [6.07, 6.45) is 0. The molecule has 6 nitrogen and oxygen atoms in total. The number of nitrogens with zero attached hydrogens (tertiary/aromatic N) is 4. The summed E-state index contributed by atoms with van der Waals surface area (Å²) in [6, 6.07) is 11.7. The summed E-state index contributed by atoms with van der Waals surface area (Å²) >= 11 is 0. The molecule has 136 valence electrons. The number of hydrogen-bond donors (Lipinski definition) is 0. The van der Waals surface area contributed by atoms with Crippen molar-refractivity contribution in [2.24, 2.45) is 0 Å². The highest BCUT2D eigenvalue weighted by Crippen LogP contribution is 2.20. The van der Waals surface area contributed by atoms with Gasteiger partial charge < -0.3 is 9.32 Å². The number of para-hydroxylation sites is 1. The molecule has 1 aromatic carbocycles. The number of benzene rings is 1. The zero-order valence-corrected chi connectivity index (χ0v) is 15.3. The summed E-state index contributed by atoms with van der Waals surface area (Å²) < 4.78 is 7.77. The minimum Gasteiger partial charge on any atom is -0.451 e. The molecule has 3 heterocycles. The van der Waals surface area contributed by atoms with Crippen LogP contribution in [-0.4, -0.2) is 58.2 Å². The second-order valence-corrected chi connectivity index (χ2v) is 6.93. The second kappa shape index (κ2) is 6.96. The molecule has 4 rings (SSSR count). The van der Waals surface area contributed by atoms with Gasteiger partial charge in [-0.3, -0.25) is 14.4 Å². The largest absolute Gasteiger partial charge is 0.451 e. The van der Waals surface area contributed by atoms with Crippen LogP contribution < -0.4 is 0 Å². The van der Waals surface area contributed by atoms with Crippen molar-refractivity contribution < 1.29 is 9.21 Å². The Morgan fingerprint density at radius 1 is 1.08 bits per heavy atom. The smallest absolute Gasteiger partial charge is 0.289 e. The van der Waals surface area contributed by atoms with Gasteiger partial charge in [0.25, 0.3) is 5.91 Å². The highest BCUT2D eigenvalue weighted by Gasteiger charge is 2.24. The Morgan fingerprint density at radius 3 is 2.54 bits per heavy atom. The van der Waals surface area contributed by atoms with E-state index in [0.717, 1.165) is 55.9 Å². The van der Waals surface area contributed by atoms with Crippen molar-refractivity contribution in [3.63, 3.8) is 0 Å². The van der Waals surface area contributed by atoms with E-state index < -0.39 is 0 Å². The molecule has 0 radical (unpaired) electrons. The highest BCUT2D eigenvalue weighted by molar-refractivity contribution is 5.96. The average molecular weight is 352 g/mol. The van der Waals surface area contributed by atoms with Crippen molar-refractivity contribution in [1.29, 1.82) is 0 Å². The van der Waals surface area contributed by atoms with Crippen LogP contribution in [-0.2, 0) is 6.54 Å². The Labute approximate surface area is 153 Å². The molecule has 0 unspecified atom stereocenters. The molecule has 0 spiro atoms. The molecule has 0 aliphatic carbocycles. The molecule has 1 amide bonds. The number of carbonyl (C=O) groups excluding carboxylic acids is 1. The molecule has 26 heavy (non-hydrogen) atoms. The minimum atomic E-state index is -0.0144. The topological polar surface area (TPSA) is 54.5 Å². The van der Waals surface area contributed by atoms with Crippen LogP contribution in [0.25, 0.3) is 11.0 Å². The van der Waals surface area contributed by atoms with E-state index >= 15 is 0 Å². The van der Waals surface area contributed by atoms with Gasteiger partial charge in [-0.2, -0.15) is 5.10 Å². The third-order valence-electron chi connectivity index (χ3n) is 5.03. The van der Waals surface area contributed by atoms with Crippen LogP contribution >= 0.6 is 0 Å². The fourth-order valence-electron chi connectivity index (χ4n) is 3.56. The molecule has 1 aliphatic heterocycles. The van der Waals surface area contributed by atoms with Gasteiger partial charge in [0.15, 0.2) is 5.76 Å². The quantitative estimate of drug-likeness (QED) is 0.724. The van der Waals surface area contributed by atoms with Crippen LogP contribution in [0.1, 0.15) is 21.9 Å². The zero-order chi connectivity index (χ0) is 18.1. The van der Waals surface area contributed by atoms with E-state index in [9.17, 15) is 4.79 Å². The Hall–Kier alpha value is -2.60. The Morgan fingerprint density at radius 2 is 1.85 bits per heavy atom. The molecule has 0 saturated carbocycles. The maximum Gasteiger partial charge on any atom is 0.289 e. The first-order valence-corrected chi connectivity index (χ1v) is 9.11. The van der Waals surface area contributed by atoms with Gasteiger partial charge in [0.2, 0.25) is 0 Å². The zero-order valence-electron chi connectivity index (χ0n) is 15.3. The van der Waals surface area contributed by atoms with Gasteiger partial charge in [-0.25, -0.2) is 0 Å². The fourth-order valence-corrected chi connectivity index (χ4v) is 3.56. The molecule has 1 saturated heterocycles. The van der Waals surface area contributed by atoms with Crippen molar-refractivity contribution in [3.8, 4) is 0 Å². The third kappa shape index (κ3) is 3.37. The SMILES string of the molecule is Cc1cc(C)n(CCN2CCN(C(=O)c3cc4ccccc4o3)CC2)n1. The van der Waals surface area contributed by atoms with E-state index in [2.05, 4.69) is 27.7 Å². The molecule has 6 heteroatoms. The maximum atomic E-state index is 12.7. The number of furan rings is 1. The van der Waals surface area contributed by atoms with Gasteiger partial charge in [0, 0.05) is 43.8 Å². The summed E-state index contributed by atoms with van der Waals surface area (Å²) in [6.45, 7) is 9.16. The normalized spacial score (nSPS) is 15.7. The number of hydrogen-bond acceptors (Lipinski definition) is 4. The Bertz CT molecular complexity index is 886. The van der Waals surface area contributed by atoms with Crippen molar-refractivity contribution in [2.45, 2.75) is 20.4 Å². The van der Waals surface area contributed by atoms with E-state index in [-0.39, 0.29) is 5.91 Å². The van der Waals surface area contributed by atoms with Crippen molar-refractivity contribution >= 4 is 16.9 Å². The minimum absolute atomic E-state index is 0.0144. The van der Waals surface area contributed by atoms with Crippen molar-refractivity contribution in [1.82, 2.24) is 19.6 Å². The molecule has 1 aliphatic rings. The summed E-state index contributed by atoms with van der Waals surface area (Å²) in [4.78, 5) is 17.0. The van der Waals surface area contributed by atoms with Crippen LogP contribution in [0.2, 0.25) is 0 Å². The summed E-state index contributed by atoms with van der Waals surface area (Å²) in [7, 11) is 0. The Balaban J connectivity index is 1.32. The van der Waals surface area contributed by atoms with E-state index in [1.165, 1.54) is 5.69 Å². The monoisotopic (exact) mass is 352 g/mol. The molecule has 0 bridgehead atoms. The van der Waals surface area contributed by atoms with Crippen LogP contribution in [0.4, 0.5) is 0 Å². The van der Waals surface area contributed by atoms with Gasteiger partial charge in [-0.05, 0) is 32.0 Å². The van der Waals surface area contributed by atoms with E-state index in [1.54, 1.807) is 0 Å². The van der Waals surface area contributed by atoms with Crippen molar-refractivity contribution in [3.05, 3.63) is 53.5 Å². The molecule has 2 aromatic heterocycles. The van der Waals surface area contributed by atoms with Gasteiger partial charge >= 0.3 is 0 Å². The lowest BCUT2D eigenvalue weighted by molar-refractivity contribution is 0.0603. The van der Waals surface area contributed by atoms with Gasteiger partial charge in [-0.1, -0.05) is 18.2 Å². The maximum absolute atomic E-state index is 12.7. The number of amides is 1. The standard InChI is InChI=1S/C20H24N4O2/c1-15-13-16(2)24(21-15)12-9-22-7-10-23(11-8-22)20(25)19-14-17-5-3-4-6-18(17)26-19/h3-6,13-14H,7-12H2,1-2H3. The molecule has 1 fully saturated rings. The first-order valence-electron chi connectivity index (χ1n) is 9.11. The lowest BCUT2D eigenvalue weighted by atomic mass is 10.2. The molecule has 0 atom stereocenters. The fraction of sp³-hybridized carbons (Fsp3) is 0.400. The molecular formula is C20H24N4O2. The van der Waals surface area contributed by atoms with Crippen molar-refractivity contribution in [2.75, 3.05) is 32.7 Å². The predicted octanol–water partition coefficient (Wildman–Crippen LogP) is 2.70. The average Bonchev–Trinajstić information content (AvgIpc) is 3.22. The molecular weight excluding hydrogens is 328 g/mol. The summed E-state index contributed by atoms with van der Waals surface area (Å²) in [5, 5.41) is 5.48. The number of piperazine rings is 1. The van der Waals surface area contributed by atoms with Gasteiger partial charge in [0.05, 0.1) is 12.2 Å². The highest BCUT2D eigenvalue weighted by atomic mass is 16.3. The van der Waals surface area contributed by atoms with E-state index in [4.69, 9.17) is 4.42 Å².